The Kier molecular flexibility index (Phi) is 3.67. The predicted octanol–water partition coefficient (Wildman–Crippen LogP) is 3.33. The third-order valence-corrected chi connectivity index (χ3v) is 2.07. The fourth-order valence-electron chi connectivity index (χ4n) is 1.49. The van der Waals surface area contributed by atoms with Gasteiger partial charge >= 0.3 is 6.09 Å². The van der Waals surface area contributed by atoms with Gasteiger partial charge in [-0.2, -0.15) is 4.99 Å². The van der Waals surface area contributed by atoms with Crippen molar-refractivity contribution in [2.75, 3.05) is 0 Å². The van der Waals surface area contributed by atoms with Crippen molar-refractivity contribution in [1.82, 2.24) is 0 Å². The van der Waals surface area contributed by atoms with Crippen LogP contribution in [0.25, 0.3) is 0 Å². The molecule has 0 aromatic heterocycles. The molecule has 3 nitrogen and oxygen atoms in total. The van der Waals surface area contributed by atoms with Gasteiger partial charge in [-0.25, -0.2) is 4.79 Å². The van der Waals surface area contributed by atoms with Gasteiger partial charge in [0.15, 0.2) is 0 Å². The van der Waals surface area contributed by atoms with E-state index in [-0.39, 0.29) is 0 Å². The molecule has 0 saturated heterocycles. The first kappa shape index (κ1) is 11.2. The van der Waals surface area contributed by atoms with Gasteiger partial charge in [-0.05, 0) is 46.5 Å². The second-order valence-corrected chi connectivity index (χ2v) is 4.72. The van der Waals surface area contributed by atoms with Crippen molar-refractivity contribution in [2.24, 2.45) is 4.99 Å². The van der Waals surface area contributed by atoms with Gasteiger partial charge in [-0.1, -0.05) is 6.42 Å². The zero-order valence-corrected chi connectivity index (χ0v) is 9.30. The van der Waals surface area contributed by atoms with Crippen LogP contribution in [0.4, 0.5) is 4.79 Å². The van der Waals surface area contributed by atoms with Crippen LogP contribution in [0.5, 0.6) is 0 Å². The third kappa shape index (κ3) is 4.40. The van der Waals surface area contributed by atoms with Crippen molar-refractivity contribution >= 4 is 11.8 Å². The van der Waals surface area contributed by atoms with Gasteiger partial charge in [0, 0.05) is 5.71 Å². The van der Waals surface area contributed by atoms with E-state index in [2.05, 4.69) is 4.99 Å². The normalized spacial score (nSPS) is 17.8. The molecule has 1 fully saturated rings. The lowest BCUT2D eigenvalue weighted by atomic mass is 9.99. The molecule has 0 heterocycles. The molecular formula is C11H19NO2. The summed E-state index contributed by atoms with van der Waals surface area (Å²) < 4.78 is 5.11. The molecule has 0 atom stereocenters. The molecule has 80 valence electrons. The topological polar surface area (TPSA) is 38.7 Å². The van der Waals surface area contributed by atoms with Crippen LogP contribution >= 0.6 is 0 Å². The molecule has 0 spiro atoms. The van der Waals surface area contributed by atoms with Gasteiger partial charge in [-0.3, -0.25) is 0 Å². The summed E-state index contributed by atoms with van der Waals surface area (Å²) >= 11 is 0. The second-order valence-electron chi connectivity index (χ2n) is 4.72. The highest BCUT2D eigenvalue weighted by molar-refractivity contribution is 5.93. The number of hydrogen-bond acceptors (Lipinski definition) is 2. The first-order chi connectivity index (χ1) is 6.47. The molecule has 0 N–H and O–H groups in total. The molecule has 0 radical (unpaired) electrons. The standard InChI is InChI=1S/C11H19NO2/c1-11(2,3)14-10(13)12-9-7-5-4-6-8-9/h4-8H2,1-3H3. The average Bonchev–Trinajstić information content (AvgIpc) is 2.02. The van der Waals surface area contributed by atoms with E-state index in [4.69, 9.17) is 4.74 Å². The predicted molar refractivity (Wildman–Crippen MR) is 56.8 cm³/mol. The van der Waals surface area contributed by atoms with Crippen LogP contribution < -0.4 is 0 Å². The van der Waals surface area contributed by atoms with Gasteiger partial charge < -0.3 is 4.74 Å². The molecule has 1 rings (SSSR count). The van der Waals surface area contributed by atoms with Crippen LogP contribution in [0.3, 0.4) is 0 Å². The zero-order valence-electron chi connectivity index (χ0n) is 9.30. The van der Waals surface area contributed by atoms with E-state index < -0.39 is 11.7 Å². The van der Waals surface area contributed by atoms with E-state index >= 15 is 0 Å². The van der Waals surface area contributed by atoms with Gasteiger partial charge in [0.2, 0.25) is 0 Å². The maximum absolute atomic E-state index is 11.3. The first-order valence-electron chi connectivity index (χ1n) is 5.27. The van der Waals surface area contributed by atoms with E-state index in [1.807, 2.05) is 20.8 Å². The molecule has 14 heavy (non-hydrogen) atoms. The number of ether oxygens (including phenoxy) is 1. The Morgan fingerprint density at radius 1 is 1.21 bits per heavy atom. The third-order valence-electron chi connectivity index (χ3n) is 2.07. The average molecular weight is 197 g/mol. The zero-order chi connectivity index (χ0) is 10.6. The molecule has 3 heteroatoms. The summed E-state index contributed by atoms with van der Waals surface area (Å²) in [5.41, 5.74) is 0.570. The van der Waals surface area contributed by atoms with Gasteiger partial charge in [-0.15, -0.1) is 0 Å². The summed E-state index contributed by atoms with van der Waals surface area (Å²) in [5, 5.41) is 0. The largest absolute Gasteiger partial charge is 0.442 e. The summed E-state index contributed by atoms with van der Waals surface area (Å²) in [7, 11) is 0. The molecule has 0 bridgehead atoms. The van der Waals surface area contributed by atoms with Gasteiger partial charge in [0.05, 0.1) is 0 Å². The highest BCUT2D eigenvalue weighted by Gasteiger charge is 2.16. The van der Waals surface area contributed by atoms with Crippen molar-refractivity contribution in [3.05, 3.63) is 0 Å². The number of carbonyl (C=O) groups excluding carboxylic acids is 1. The summed E-state index contributed by atoms with van der Waals surface area (Å²) in [6, 6.07) is 0. The minimum absolute atomic E-state index is 0.435. The highest BCUT2D eigenvalue weighted by atomic mass is 16.6. The fourth-order valence-corrected chi connectivity index (χ4v) is 1.49. The summed E-state index contributed by atoms with van der Waals surface area (Å²) in [6.45, 7) is 5.56. The van der Waals surface area contributed by atoms with Crippen LogP contribution in [0.2, 0.25) is 0 Å². The van der Waals surface area contributed by atoms with Crippen LogP contribution in [-0.2, 0) is 4.74 Å². The Labute approximate surface area is 85.6 Å². The lowest BCUT2D eigenvalue weighted by Crippen LogP contribution is -2.22. The molecule has 0 aromatic carbocycles. The molecular weight excluding hydrogens is 178 g/mol. The number of amides is 1. The van der Waals surface area contributed by atoms with Crippen molar-refractivity contribution in [3.8, 4) is 0 Å². The molecule has 1 saturated carbocycles. The van der Waals surface area contributed by atoms with E-state index in [1.165, 1.54) is 6.42 Å². The molecule has 1 aliphatic rings. The maximum atomic E-state index is 11.3. The number of hydrogen-bond donors (Lipinski definition) is 0. The Hall–Kier alpha value is -0.860. The van der Waals surface area contributed by atoms with Crippen molar-refractivity contribution < 1.29 is 9.53 Å². The lowest BCUT2D eigenvalue weighted by Gasteiger charge is -2.18. The summed E-state index contributed by atoms with van der Waals surface area (Å²) in [4.78, 5) is 15.3. The van der Waals surface area contributed by atoms with Crippen LogP contribution in [-0.4, -0.2) is 17.4 Å². The van der Waals surface area contributed by atoms with Gasteiger partial charge in [0.25, 0.3) is 0 Å². The monoisotopic (exact) mass is 197 g/mol. The first-order valence-corrected chi connectivity index (χ1v) is 5.27. The Morgan fingerprint density at radius 2 is 1.79 bits per heavy atom. The summed E-state index contributed by atoms with van der Waals surface area (Å²) in [6.07, 6.45) is 5.05. The van der Waals surface area contributed by atoms with E-state index in [1.54, 1.807) is 0 Å². The van der Waals surface area contributed by atoms with Crippen molar-refractivity contribution in [2.45, 2.75) is 58.5 Å². The van der Waals surface area contributed by atoms with E-state index in [0.717, 1.165) is 31.4 Å². The Bertz CT molecular complexity index is 230. The lowest BCUT2D eigenvalue weighted by molar-refractivity contribution is 0.0603. The minimum atomic E-state index is -0.436. The van der Waals surface area contributed by atoms with Crippen LogP contribution in [0.15, 0.2) is 4.99 Å². The number of nitrogens with zero attached hydrogens (tertiary/aromatic N) is 1. The summed E-state index contributed by atoms with van der Waals surface area (Å²) in [5.74, 6) is 0. The van der Waals surface area contributed by atoms with E-state index in [0.29, 0.717) is 0 Å². The molecule has 1 amide bonds. The van der Waals surface area contributed by atoms with Crippen LogP contribution in [0.1, 0.15) is 52.9 Å². The molecule has 0 aliphatic heterocycles. The Balaban J connectivity index is 2.45. The quantitative estimate of drug-likeness (QED) is 0.597. The number of rotatable bonds is 0. The van der Waals surface area contributed by atoms with Crippen LogP contribution in [0, 0.1) is 0 Å². The number of carbonyl (C=O) groups is 1. The van der Waals surface area contributed by atoms with Crippen molar-refractivity contribution in [1.29, 1.82) is 0 Å². The fraction of sp³-hybridized carbons (Fsp3) is 0.818. The van der Waals surface area contributed by atoms with Gasteiger partial charge in [0.1, 0.15) is 5.60 Å². The molecule has 0 aromatic rings. The van der Waals surface area contributed by atoms with Crippen molar-refractivity contribution in [3.63, 3.8) is 0 Å². The molecule has 1 aliphatic carbocycles. The second kappa shape index (κ2) is 4.58. The van der Waals surface area contributed by atoms with E-state index in [9.17, 15) is 4.79 Å². The molecule has 0 unspecified atom stereocenters. The maximum Gasteiger partial charge on any atom is 0.434 e. The minimum Gasteiger partial charge on any atom is -0.442 e. The highest BCUT2D eigenvalue weighted by Crippen LogP contribution is 2.16. The SMILES string of the molecule is CC(C)(C)OC(=O)N=C1CCCCC1. The number of aliphatic imine (C=N–C) groups is 1. The smallest absolute Gasteiger partial charge is 0.434 e. The Morgan fingerprint density at radius 3 is 2.29 bits per heavy atom.